The Morgan fingerprint density at radius 3 is 2.50 bits per heavy atom. The molecule has 4 nitrogen and oxygen atoms in total. The smallest absolute Gasteiger partial charge is 0.407 e. The van der Waals surface area contributed by atoms with Crippen molar-refractivity contribution in [3.8, 4) is 0 Å². The van der Waals surface area contributed by atoms with Gasteiger partial charge in [0, 0.05) is 17.8 Å². The van der Waals surface area contributed by atoms with Crippen LogP contribution in [0, 0.1) is 0 Å². The van der Waals surface area contributed by atoms with Crippen LogP contribution in [-0.4, -0.2) is 18.2 Å². The summed E-state index contributed by atoms with van der Waals surface area (Å²) in [5.41, 5.74) is 1.90. The summed E-state index contributed by atoms with van der Waals surface area (Å²) in [7, 11) is 0. The Labute approximate surface area is 151 Å². The third-order valence-corrected chi connectivity index (χ3v) is 4.70. The first-order valence-corrected chi connectivity index (χ1v) is 8.54. The molecular weight excluding hydrogens is 347 g/mol. The first kappa shape index (κ1) is 16.9. The summed E-state index contributed by atoms with van der Waals surface area (Å²) < 4.78 is 5.21. The standard InChI is InChI=1S/C18H18Cl2N2O2/c19-16-7-6-13(10-17(16)20)21-14-8-15(9-14)22-18(23)24-11-12-4-2-1-3-5-12/h1-7,10,14-15,21H,8-9,11H2,(H,22,23). The SMILES string of the molecule is O=C(NC1CC(Nc2ccc(Cl)c(Cl)c2)C1)OCc1ccccc1. The number of ether oxygens (including phenoxy) is 1. The normalized spacial score (nSPS) is 19.2. The second kappa shape index (κ2) is 7.77. The molecule has 2 aromatic rings. The van der Waals surface area contributed by atoms with Crippen molar-refractivity contribution in [2.75, 3.05) is 5.32 Å². The Balaban J connectivity index is 1.37. The van der Waals surface area contributed by atoms with Gasteiger partial charge < -0.3 is 15.4 Å². The predicted molar refractivity (Wildman–Crippen MR) is 96.7 cm³/mol. The van der Waals surface area contributed by atoms with Gasteiger partial charge in [0.1, 0.15) is 6.61 Å². The number of hydrogen-bond acceptors (Lipinski definition) is 3. The summed E-state index contributed by atoms with van der Waals surface area (Å²) in [4.78, 5) is 11.8. The van der Waals surface area contributed by atoms with E-state index >= 15 is 0 Å². The number of anilines is 1. The highest BCUT2D eigenvalue weighted by molar-refractivity contribution is 6.42. The Morgan fingerprint density at radius 1 is 1.04 bits per heavy atom. The number of carbonyl (C=O) groups is 1. The first-order valence-electron chi connectivity index (χ1n) is 7.79. The summed E-state index contributed by atoms with van der Waals surface area (Å²) in [5.74, 6) is 0. The number of nitrogens with one attached hydrogen (secondary N) is 2. The zero-order chi connectivity index (χ0) is 16.9. The molecule has 0 aromatic heterocycles. The highest BCUT2D eigenvalue weighted by Crippen LogP contribution is 2.29. The monoisotopic (exact) mass is 364 g/mol. The Morgan fingerprint density at radius 2 is 1.79 bits per heavy atom. The summed E-state index contributed by atoms with van der Waals surface area (Å²) in [6.45, 7) is 0.282. The van der Waals surface area contributed by atoms with Gasteiger partial charge in [-0.1, -0.05) is 53.5 Å². The van der Waals surface area contributed by atoms with Crippen molar-refractivity contribution < 1.29 is 9.53 Å². The van der Waals surface area contributed by atoms with Gasteiger partial charge in [0.25, 0.3) is 0 Å². The second-order valence-corrected chi connectivity index (χ2v) is 6.66. The number of alkyl carbamates (subject to hydrolysis) is 1. The van der Waals surface area contributed by atoms with Gasteiger partial charge >= 0.3 is 6.09 Å². The minimum atomic E-state index is -0.378. The van der Waals surface area contributed by atoms with Crippen LogP contribution in [0.5, 0.6) is 0 Å². The van der Waals surface area contributed by atoms with Crippen molar-refractivity contribution in [3.63, 3.8) is 0 Å². The molecule has 0 heterocycles. The topological polar surface area (TPSA) is 50.4 Å². The van der Waals surface area contributed by atoms with Crippen LogP contribution in [0.3, 0.4) is 0 Å². The molecule has 0 aliphatic heterocycles. The maximum Gasteiger partial charge on any atom is 0.407 e. The molecule has 1 saturated carbocycles. The van der Waals surface area contributed by atoms with Gasteiger partial charge in [0.05, 0.1) is 10.0 Å². The molecule has 0 bridgehead atoms. The summed E-state index contributed by atoms with van der Waals surface area (Å²) in [6, 6.07) is 15.5. The fourth-order valence-corrected chi connectivity index (χ4v) is 2.90. The number of halogens is 2. The van der Waals surface area contributed by atoms with E-state index in [4.69, 9.17) is 27.9 Å². The number of hydrogen-bond donors (Lipinski definition) is 2. The zero-order valence-electron chi connectivity index (χ0n) is 13.0. The Bertz CT molecular complexity index is 703. The lowest BCUT2D eigenvalue weighted by Gasteiger charge is -2.36. The zero-order valence-corrected chi connectivity index (χ0v) is 14.5. The molecular formula is C18H18Cl2N2O2. The lowest BCUT2D eigenvalue weighted by Crippen LogP contribution is -2.49. The van der Waals surface area contributed by atoms with Crippen molar-refractivity contribution >= 4 is 35.0 Å². The Hall–Kier alpha value is -1.91. The van der Waals surface area contributed by atoms with Crippen LogP contribution in [0.15, 0.2) is 48.5 Å². The molecule has 2 N–H and O–H groups in total. The van der Waals surface area contributed by atoms with Crippen molar-refractivity contribution in [1.29, 1.82) is 0 Å². The van der Waals surface area contributed by atoms with Gasteiger partial charge in [0.2, 0.25) is 0 Å². The highest BCUT2D eigenvalue weighted by atomic mass is 35.5. The molecule has 126 valence electrons. The first-order chi connectivity index (χ1) is 11.6. The minimum Gasteiger partial charge on any atom is -0.445 e. The van der Waals surface area contributed by atoms with Gasteiger partial charge in [-0.2, -0.15) is 0 Å². The van der Waals surface area contributed by atoms with Crippen LogP contribution < -0.4 is 10.6 Å². The molecule has 0 saturated heterocycles. The van der Waals surface area contributed by atoms with Crippen molar-refractivity contribution in [1.82, 2.24) is 5.32 Å². The summed E-state index contributed by atoms with van der Waals surface area (Å²) in [5, 5.41) is 7.31. The molecule has 2 aromatic carbocycles. The second-order valence-electron chi connectivity index (χ2n) is 5.84. The molecule has 0 unspecified atom stereocenters. The molecule has 0 spiro atoms. The average molecular weight is 365 g/mol. The molecule has 1 amide bonds. The summed E-state index contributed by atoms with van der Waals surface area (Å²) in [6.07, 6.45) is 1.32. The van der Waals surface area contributed by atoms with Crippen LogP contribution >= 0.6 is 23.2 Å². The van der Waals surface area contributed by atoms with Crippen LogP contribution in [0.25, 0.3) is 0 Å². The number of rotatable bonds is 5. The minimum absolute atomic E-state index is 0.133. The van der Waals surface area contributed by atoms with Gasteiger partial charge in [-0.3, -0.25) is 0 Å². The number of amides is 1. The molecule has 0 atom stereocenters. The van der Waals surface area contributed by atoms with E-state index < -0.39 is 0 Å². The van der Waals surface area contributed by atoms with Gasteiger partial charge in [0.15, 0.2) is 0 Å². The van der Waals surface area contributed by atoms with Crippen LogP contribution in [0.2, 0.25) is 10.0 Å². The molecule has 6 heteroatoms. The number of carbonyl (C=O) groups excluding carboxylic acids is 1. The molecule has 3 rings (SSSR count). The summed E-state index contributed by atoms with van der Waals surface area (Å²) >= 11 is 11.9. The van der Waals surface area contributed by atoms with E-state index in [2.05, 4.69) is 10.6 Å². The van der Waals surface area contributed by atoms with Gasteiger partial charge in [-0.15, -0.1) is 0 Å². The van der Waals surface area contributed by atoms with E-state index in [0.717, 1.165) is 24.1 Å². The fraction of sp³-hybridized carbons (Fsp3) is 0.278. The maximum absolute atomic E-state index is 11.8. The van der Waals surface area contributed by atoms with Gasteiger partial charge in [-0.25, -0.2) is 4.79 Å². The third kappa shape index (κ3) is 4.56. The van der Waals surface area contributed by atoms with E-state index in [1.165, 1.54) is 0 Å². The fourth-order valence-electron chi connectivity index (χ4n) is 2.61. The van der Waals surface area contributed by atoms with E-state index in [1.807, 2.05) is 36.4 Å². The van der Waals surface area contributed by atoms with E-state index in [0.29, 0.717) is 16.1 Å². The molecule has 24 heavy (non-hydrogen) atoms. The van der Waals surface area contributed by atoms with Crippen LogP contribution in [0.1, 0.15) is 18.4 Å². The van der Waals surface area contributed by atoms with E-state index in [1.54, 1.807) is 12.1 Å². The Kier molecular flexibility index (Phi) is 5.48. The van der Waals surface area contributed by atoms with Crippen LogP contribution in [0.4, 0.5) is 10.5 Å². The predicted octanol–water partition coefficient (Wildman–Crippen LogP) is 4.86. The van der Waals surface area contributed by atoms with E-state index in [-0.39, 0.29) is 18.7 Å². The van der Waals surface area contributed by atoms with Gasteiger partial charge in [-0.05, 0) is 36.6 Å². The lowest BCUT2D eigenvalue weighted by molar-refractivity contribution is 0.129. The van der Waals surface area contributed by atoms with Crippen molar-refractivity contribution in [3.05, 3.63) is 64.1 Å². The molecule has 0 radical (unpaired) electrons. The lowest BCUT2D eigenvalue weighted by atomic mass is 9.86. The molecule has 1 aliphatic rings. The molecule has 1 fully saturated rings. The molecule has 1 aliphatic carbocycles. The average Bonchev–Trinajstić information content (AvgIpc) is 2.55. The van der Waals surface area contributed by atoms with Crippen molar-refractivity contribution in [2.45, 2.75) is 31.5 Å². The van der Waals surface area contributed by atoms with Crippen LogP contribution in [-0.2, 0) is 11.3 Å². The third-order valence-electron chi connectivity index (χ3n) is 3.96. The maximum atomic E-state index is 11.8. The largest absolute Gasteiger partial charge is 0.445 e. The van der Waals surface area contributed by atoms with E-state index in [9.17, 15) is 4.79 Å². The number of benzene rings is 2. The van der Waals surface area contributed by atoms with Crippen molar-refractivity contribution in [2.24, 2.45) is 0 Å². The quantitative estimate of drug-likeness (QED) is 0.795. The highest BCUT2D eigenvalue weighted by Gasteiger charge is 2.30.